The summed E-state index contributed by atoms with van der Waals surface area (Å²) in [5.74, 6) is 0.747. The van der Waals surface area contributed by atoms with Gasteiger partial charge < -0.3 is 14.8 Å². The van der Waals surface area contributed by atoms with Crippen LogP contribution in [-0.4, -0.2) is 58.4 Å². The van der Waals surface area contributed by atoms with Crippen molar-refractivity contribution in [1.82, 2.24) is 19.7 Å². The maximum Gasteiger partial charge on any atom is 0.240 e. The molecule has 4 aromatic rings. The number of likely N-dealkylation sites (tertiary alicyclic amines) is 2. The van der Waals surface area contributed by atoms with Crippen LogP contribution in [0.2, 0.25) is 0 Å². The highest BCUT2D eigenvalue weighted by Crippen LogP contribution is 2.37. The Labute approximate surface area is 255 Å². The SMILES string of the molecule is CC(=O)N1CCC(NC(=O)Cn2c(-c3ccccc3)c(CN3CCC(c4c(C)cccc4C)CC3)c3ccccc32)CC1. The maximum absolute atomic E-state index is 13.5. The van der Waals surface area contributed by atoms with Crippen LogP contribution in [0.25, 0.3) is 22.2 Å². The first kappa shape index (κ1) is 29.2. The molecule has 2 amide bonds. The number of nitrogens with one attached hydrogen (secondary N) is 1. The molecule has 0 radical (unpaired) electrons. The lowest BCUT2D eigenvalue weighted by molar-refractivity contribution is -0.130. The van der Waals surface area contributed by atoms with Gasteiger partial charge in [0.15, 0.2) is 0 Å². The first-order valence-electron chi connectivity index (χ1n) is 15.9. The average Bonchev–Trinajstić information content (AvgIpc) is 3.31. The lowest BCUT2D eigenvalue weighted by Crippen LogP contribution is -2.46. The maximum atomic E-state index is 13.5. The zero-order valence-electron chi connectivity index (χ0n) is 25.8. The summed E-state index contributed by atoms with van der Waals surface area (Å²) in [4.78, 5) is 29.7. The molecule has 0 bridgehead atoms. The third-order valence-corrected chi connectivity index (χ3v) is 9.65. The molecule has 2 aliphatic heterocycles. The number of aryl methyl sites for hydroxylation is 2. The van der Waals surface area contributed by atoms with E-state index in [1.807, 2.05) is 4.90 Å². The minimum atomic E-state index is 0.0279. The van der Waals surface area contributed by atoms with Crippen LogP contribution in [0.5, 0.6) is 0 Å². The van der Waals surface area contributed by atoms with Gasteiger partial charge in [-0.05, 0) is 92.4 Å². The predicted molar refractivity (Wildman–Crippen MR) is 174 cm³/mol. The van der Waals surface area contributed by atoms with Gasteiger partial charge in [-0.1, -0.05) is 66.7 Å². The second kappa shape index (κ2) is 12.8. The van der Waals surface area contributed by atoms with Gasteiger partial charge in [0, 0.05) is 43.5 Å². The van der Waals surface area contributed by atoms with E-state index in [9.17, 15) is 9.59 Å². The minimum absolute atomic E-state index is 0.0279. The molecule has 2 saturated heterocycles. The van der Waals surface area contributed by atoms with E-state index < -0.39 is 0 Å². The Morgan fingerprint density at radius 2 is 1.44 bits per heavy atom. The van der Waals surface area contributed by atoms with Crippen molar-refractivity contribution >= 4 is 22.7 Å². The number of amides is 2. The number of benzene rings is 3. The lowest BCUT2D eigenvalue weighted by atomic mass is 9.84. The third kappa shape index (κ3) is 6.25. The van der Waals surface area contributed by atoms with Gasteiger partial charge >= 0.3 is 0 Å². The molecular formula is C37H44N4O2. The van der Waals surface area contributed by atoms with E-state index >= 15 is 0 Å². The molecule has 3 aromatic carbocycles. The quantitative estimate of drug-likeness (QED) is 0.276. The van der Waals surface area contributed by atoms with Crippen molar-refractivity contribution in [3.63, 3.8) is 0 Å². The molecular weight excluding hydrogens is 532 g/mol. The van der Waals surface area contributed by atoms with Crippen molar-refractivity contribution in [2.24, 2.45) is 0 Å². The standard InChI is InChI=1S/C37H44N4O2/c1-26-10-9-11-27(2)36(26)29-16-20-39(21-17-29)24-33-32-14-7-8-15-34(32)41(37(33)30-12-5-4-6-13-30)25-35(43)38-31-18-22-40(23-19-31)28(3)42/h4-15,29,31H,16-25H2,1-3H3,(H,38,43). The zero-order valence-corrected chi connectivity index (χ0v) is 25.8. The van der Waals surface area contributed by atoms with Gasteiger partial charge in [-0.2, -0.15) is 0 Å². The number of carbonyl (C=O) groups excluding carboxylic acids is 2. The number of fused-ring (bicyclic) bond motifs is 1. The van der Waals surface area contributed by atoms with Crippen LogP contribution >= 0.6 is 0 Å². The highest BCUT2D eigenvalue weighted by molar-refractivity contribution is 5.93. The molecule has 0 spiro atoms. The molecule has 2 aliphatic rings. The molecule has 3 heterocycles. The van der Waals surface area contributed by atoms with Crippen LogP contribution in [-0.2, 0) is 22.7 Å². The summed E-state index contributed by atoms with van der Waals surface area (Å²) >= 11 is 0. The van der Waals surface area contributed by atoms with Crippen LogP contribution in [0, 0.1) is 13.8 Å². The molecule has 224 valence electrons. The van der Waals surface area contributed by atoms with Crippen LogP contribution in [0.15, 0.2) is 72.8 Å². The van der Waals surface area contributed by atoms with E-state index in [0.717, 1.165) is 62.1 Å². The predicted octanol–water partition coefficient (Wildman–Crippen LogP) is 6.43. The van der Waals surface area contributed by atoms with Crippen molar-refractivity contribution in [2.75, 3.05) is 26.2 Å². The smallest absolute Gasteiger partial charge is 0.240 e. The van der Waals surface area contributed by atoms with E-state index in [-0.39, 0.29) is 24.4 Å². The molecule has 6 heteroatoms. The average molecular weight is 577 g/mol. The number of hydrogen-bond donors (Lipinski definition) is 1. The van der Waals surface area contributed by atoms with Crippen molar-refractivity contribution in [3.8, 4) is 11.3 Å². The number of para-hydroxylation sites is 1. The largest absolute Gasteiger partial charge is 0.352 e. The van der Waals surface area contributed by atoms with Crippen LogP contribution in [0.4, 0.5) is 0 Å². The summed E-state index contributed by atoms with van der Waals surface area (Å²) in [7, 11) is 0. The van der Waals surface area contributed by atoms with E-state index in [4.69, 9.17) is 0 Å². The summed E-state index contributed by atoms with van der Waals surface area (Å²) in [6.45, 7) is 10.8. The molecule has 0 atom stereocenters. The van der Waals surface area contributed by atoms with Crippen molar-refractivity contribution in [2.45, 2.75) is 71.5 Å². The monoisotopic (exact) mass is 576 g/mol. The number of rotatable bonds is 7. The van der Waals surface area contributed by atoms with Gasteiger partial charge in [0.05, 0.1) is 5.69 Å². The summed E-state index contributed by atoms with van der Waals surface area (Å²) in [6, 6.07) is 25.9. The van der Waals surface area contributed by atoms with Gasteiger partial charge in [-0.25, -0.2) is 0 Å². The number of piperidine rings is 2. The Morgan fingerprint density at radius 3 is 2.12 bits per heavy atom. The van der Waals surface area contributed by atoms with Crippen LogP contribution in [0.3, 0.4) is 0 Å². The minimum Gasteiger partial charge on any atom is -0.352 e. The fraction of sp³-hybridized carbons (Fsp3) is 0.405. The fourth-order valence-electron chi connectivity index (χ4n) is 7.46. The number of hydrogen-bond acceptors (Lipinski definition) is 3. The Bertz CT molecular complexity index is 1570. The Hall–Kier alpha value is -3.90. The summed E-state index contributed by atoms with van der Waals surface area (Å²) in [5.41, 5.74) is 9.05. The highest BCUT2D eigenvalue weighted by atomic mass is 16.2. The van der Waals surface area contributed by atoms with Crippen molar-refractivity contribution in [3.05, 3.63) is 95.1 Å². The number of aromatic nitrogens is 1. The fourth-order valence-corrected chi connectivity index (χ4v) is 7.46. The van der Waals surface area contributed by atoms with Gasteiger partial charge in [0.1, 0.15) is 6.54 Å². The van der Waals surface area contributed by atoms with Gasteiger partial charge in [-0.3, -0.25) is 14.5 Å². The summed E-state index contributed by atoms with van der Waals surface area (Å²) < 4.78 is 2.23. The van der Waals surface area contributed by atoms with Gasteiger partial charge in [-0.15, -0.1) is 0 Å². The van der Waals surface area contributed by atoms with Crippen molar-refractivity contribution in [1.29, 1.82) is 0 Å². The molecule has 1 N–H and O–H groups in total. The molecule has 6 nitrogen and oxygen atoms in total. The second-order valence-electron chi connectivity index (χ2n) is 12.5. The van der Waals surface area contributed by atoms with Crippen LogP contribution < -0.4 is 5.32 Å². The molecule has 0 aliphatic carbocycles. The van der Waals surface area contributed by atoms with Crippen molar-refractivity contribution < 1.29 is 9.59 Å². The first-order valence-corrected chi connectivity index (χ1v) is 15.9. The second-order valence-corrected chi connectivity index (χ2v) is 12.5. The molecule has 0 unspecified atom stereocenters. The molecule has 6 rings (SSSR count). The lowest BCUT2D eigenvalue weighted by Gasteiger charge is -2.33. The highest BCUT2D eigenvalue weighted by Gasteiger charge is 2.27. The number of carbonyl (C=O) groups is 2. The first-order chi connectivity index (χ1) is 20.9. The van der Waals surface area contributed by atoms with E-state index in [2.05, 4.69) is 101 Å². The summed E-state index contributed by atoms with van der Waals surface area (Å²) in [6.07, 6.45) is 3.92. The van der Waals surface area contributed by atoms with Gasteiger partial charge in [0.25, 0.3) is 0 Å². The summed E-state index contributed by atoms with van der Waals surface area (Å²) in [5, 5.41) is 4.51. The topological polar surface area (TPSA) is 57.6 Å². The van der Waals surface area contributed by atoms with E-state index in [0.29, 0.717) is 19.0 Å². The molecule has 2 fully saturated rings. The van der Waals surface area contributed by atoms with Crippen LogP contribution in [0.1, 0.15) is 60.8 Å². The van der Waals surface area contributed by atoms with Gasteiger partial charge in [0.2, 0.25) is 11.8 Å². The van der Waals surface area contributed by atoms with E-state index in [1.165, 1.54) is 22.1 Å². The third-order valence-electron chi connectivity index (χ3n) is 9.65. The zero-order chi connectivity index (χ0) is 29.9. The normalized spacial score (nSPS) is 17.0. The van der Waals surface area contributed by atoms with E-state index in [1.54, 1.807) is 12.5 Å². The molecule has 43 heavy (non-hydrogen) atoms. The Balaban J connectivity index is 1.25. The molecule has 1 aromatic heterocycles. The Kier molecular flexibility index (Phi) is 8.66. The molecule has 0 saturated carbocycles. The number of nitrogens with zero attached hydrogens (tertiary/aromatic N) is 3. The Morgan fingerprint density at radius 1 is 0.791 bits per heavy atom.